The molecule has 0 amide bonds. The van der Waals surface area contributed by atoms with E-state index in [1.165, 1.54) is 11.4 Å². The van der Waals surface area contributed by atoms with Gasteiger partial charge in [0.1, 0.15) is 0 Å². The Labute approximate surface area is 148 Å². The first kappa shape index (κ1) is 18.5. The van der Waals surface area contributed by atoms with E-state index in [2.05, 4.69) is 0 Å². The third-order valence-electron chi connectivity index (χ3n) is 4.33. The van der Waals surface area contributed by atoms with Gasteiger partial charge < -0.3 is 19.9 Å². The summed E-state index contributed by atoms with van der Waals surface area (Å²) in [4.78, 5) is 11.1. The zero-order valence-corrected chi connectivity index (χ0v) is 13.8. The summed E-state index contributed by atoms with van der Waals surface area (Å²) in [5, 5.41) is 10.4. The smallest absolute Gasteiger partial charge is 0.367 e. The number of rotatable bonds is 5. The molecule has 1 aromatic carbocycles. The predicted molar refractivity (Wildman–Crippen MR) is 86.9 cm³/mol. The highest BCUT2D eigenvalue weighted by Crippen LogP contribution is 2.36. The molecule has 2 heterocycles. The molecule has 140 valence electrons. The molecule has 3 rings (SSSR count). The van der Waals surface area contributed by atoms with Gasteiger partial charge >= 0.3 is 5.97 Å². The molecule has 1 unspecified atom stereocenters. The molecule has 1 aromatic rings. The van der Waals surface area contributed by atoms with Gasteiger partial charge in [-0.1, -0.05) is 24.3 Å². The Bertz CT molecular complexity index is 759. The molecule has 0 aliphatic carbocycles. The quantitative estimate of drug-likeness (QED) is 0.780. The largest absolute Gasteiger partial charge is 0.477 e. The maximum Gasteiger partial charge on any atom is 0.367 e. The summed E-state index contributed by atoms with van der Waals surface area (Å²) in [5.41, 5.74) is 0.220. The zero-order chi connectivity index (χ0) is 18.7. The number of allylic oxidation sites excluding steroid dienone is 2. The average Bonchev–Trinajstić information content (AvgIpc) is 2.64. The molecule has 0 spiro atoms. The van der Waals surface area contributed by atoms with Crippen molar-refractivity contribution in [2.45, 2.75) is 31.3 Å². The van der Waals surface area contributed by atoms with Crippen LogP contribution < -0.4 is 5.32 Å². The number of hydrogen-bond donors (Lipinski definition) is 2. The number of aliphatic carboxylic acids is 1. The maximum atomic E-state index is 14.4. The van der Waals surface area contributed by atoms with Crippen molar-refractivity contribution in [2.24, 2.45) is 0 Å². The van der Waals surface area contributed by atoms with Gasteiger partial charge in [0.2, 0.25) is 5.95 Å². The predicted octanol–water partition coefficient (Wildman–Crippen LogP) is 3.23. The number of halogens is 3. The Morgan fingerprint density at radius 3 is 2.69 bits per heavy atom. The number of benzene rings is 1. The summed E-state index contributed by atoms with van der Waals surface area (Å²) in [6.07, 6.45) is 1.96. The van der Waals surface area contributed by atoms with Crippen molar-refractivity contribution in [1.82, 2.24) is 5.32 Å². The number of ether oxygens (including phenoxy) is 2. The molecule has 1 atom stereocenters. The van der Waals surface area contributed by atoms with Crippen LogP contribution in [0.25, 0.3) is 5.57 Å². The van der Waals surface area contributed by atoms with Gasteiger partial charge in [-0.2, -0.15) is 4.39 Å². The molecule has 0 radical (unpaired) electrons. The summed E-state index contributed by atoms with van der Waals surface area (Å²) in [7, 11) is 0. The Morgan fingerprint density at radius 1 is 1.31 bits per heavy atom. The van der Waals surface area contributed by atoms with Gasteiger partial charge in [-0.15, -0.1) is 0 Å². The molecule has 2 aliphatic rings. The fourth-order valence-corrected chi connectivity index (χ4v) is 2.90. The minimum absolute atomic E-state index is 0.0183. The molecule has 26 heavy (non-hydrogen) atoms. The van der Waals surface area contributed by atoms with Crippen LogP contribution in [0.3, 0.4) is 0 Å². The standard InChI is InChI=1S/C18H18F3NO4/c19-15-14(9-18(21,17(23)24)22-16(15)20)13-4-2-1-3-11(13)10-26-12-5-7-25-8-6-12/h1-4,9,12,22H,5-8,10H2,(H,23,24). The summed E-state index contributed by atoms with van der Waals surface area (Å²) >= 11 is 0. The highest BCUT2D eigenvalue weighted by Gasteiger charge is 2.43. The average molecular weight is 369 g/mol. The van der Waals surface area contributed by atoms with E-state index in [4.69, 9.17) is 14.6 Å². The first-order chi connectivity index (χ1) is 12.4. The number of carboxylic acid groups (broad SMARTS) is 1. The number of hydrogen-bond acceptors (Lipinski definition) is 4. The van der Waals surface area contributed by atoms with Gasteiger partial charge in [0, 0.05) is 18.8 Å². The highest BCUT2D eigenvalue weighted by molar-refractivity contribution is 5.89. The van der Waals surface area contributed by atoms with E-state index in [1.807, 2.05) is 0 Å². The lowest BCUT2D eigenvalue weighted by molar-refractivity contribution is -0.149. The summed E-state index contributed by atoms with van der Waals surface area (Å²) < 4.78 is 53.5. The lowest BCUT2D eigenvalue weighted by Crippen LogP contribution is -2.47. The van der Waals surface area contributed by atoms with Gasteiger partial charge in [0.15, 0.2) is 5.83 Å². The second kappa shape index (κ2) is 7.51. The van der Waals surface area contributed by atoms with Crippen molar-refractivity contribution in [1.29, 1.82) is 0 Å². The van der Waals surface area contributed by atoms with Crippen LogP contribution >= 0.6 is 0 Å². The Hall–Kier alpha value is -2.32. The topological polar surface area (TPSA) is 67.8 Å². The monoisotopic (exact) mass is 369 g/mol. The number of alkyl halides is 1. The molecular formula is C18H18F3NO4. The minimum Gasteiger partial charge on any atom is -0.477 e. The molecule has 5 nitrogen and oxygen atoms in total. The van der Waals surface area contributed by atoms with E-state index in [9.17, 15) is 18.0 Å². The third-order valence-corrected chi connectivity index (χ3v) is 4.33. The van der Waals surface area contributed by atoms with Crippen molar-refractivity contribution in [3.05, 3.63) is 53.2 Å². The van der Waals surface area contributed by atoms with Crippen LogP contribution in [0, 0.1) is 0 Å². The molecule has 2 aliphatic heterocycles. The first-order valence-corrected chi connectivity index (χ1v) is 8.17. The van der Waals surface area contributed by atoms with E-state index in [0.29, 0.717) is 24.9 Å². The second-order valence-corrected chi connectivity index (χ2v) is 6.11. The van der Waals surface area contributed by atoms with E-state index in [-0.39, 0.29) is 18.3 Å². The zero-order valence-electron chi connectivity index (χ0n) is 13.8. The molecule has 0 aromatic heterocycles. The lowest BCUT2D eigenvalue weighted by atomic mass is 9.94. The van der Waals surface area contributed by atoms with Crippen LogP contribution in [0.5, 0.6) is 0 Å². The molecule has 1 fully saturated rings. The van der Waals surface area contributed by atoms with E-state index < -0.39 is 29.1 Å². The Kier molecular flexibility index (Phi) is 5.33. The summed E-state index contributed by atoms with van der Waals surface area (Å²) in [6.45, 7) is 1.29. The minimum atomic E-state index is -3.23. The van der Waals surface area contributed by atoms with E-state index in [1.54, 1.807) is 18.2 Å². The Morgan fingerprint density at radius 2 is 2.00 bits per heavy atom. The molecule has 0 bridgehead atoms. The normalized spacial score (nSPS) is 24.2. The van der Waals surface area contributed by atoms with Crippen molar-refractivity contribution in [2.75, 3.05) is 13.2 Å². The van der Waals surface area contributed by atoms with Gasteiger partial charge in [-0.05, 0) is 30.0 Å². The lowest BCUT2D eigenvalue weighted by Gasteiger charge is -2.26. The van der Waals surface area contributed by atoms with Gasteiger partial charge in [-0.3, -0.25) is 0 Å². The van der Waals surface area contributed by atoms with Gasteiger partial charge in [-0.25, -0.2) is 13.6 Å². The van der Waals surface area contributed by atoms with Crippen LogP contribution in [0.2, 0.25) is 0 Å². The van der Waals surface area contributed by atoms with Crippen LogP contribution in [-0.4, -0.2) is 36.2 Å². The molecular weight excluding hydrogens is 351 g/mol. The fourth-order valence-electron chi connectivity index (χ4n) is 2.90. The molecule has 1 saturated heterocycles. The van der Waals surface area contributed by atoms with Gasteiger partial charge in [0.05, 0.1) is 12.7 Å². The number of carboxylic acids is 1. The fraction of sp³-hybridized carbons (Fsp3) is 0.389. The van der Waals surface area contributed by atoms with Crippen molar-refractivity contribution in [3.63, 3.8) is 0 Å². The third kappa shape index (κ3) is 3.76. The second-order valence-electron chi connectivity index (χ2n) is 6.11. The van der Waals surface area contributed by atoms with Crippen LogP contribution in [0.1, 0.15) is 24.0 Å². The maximum absolute atomic E-state index is 14.4. The van der Waals surface area contributed by atoms with Crippen LogP contribution in [0.4, 0.5) is 13.2 Å². The first-order valence-electron chi connectivity index (χ1n) is 8.17. The number of dihydropyridines is 1. The molecule has 8 heteroatoms. The van der Waals surface area contributed by atoms with Crippen molar-refractivity contribution >= 4 is 11.5 Å². The SMILES string of the molecule is O=C(O)C1(F)C=C(c2ccccc2COC2CCOCC2)C(F)=C(F)N1. The van der Waals surface area contributed by atoms with Crippen molar-refractivity contribution in [3.8, 4) is 0 Å². The van der Waals surface area contributed by atoms with Crippen LogP contribution in [0.15, 0.2) is 42.1 Å². The molecule has 2 N–H and O–H groups in total. The van der Waals surface area contributed by atoms with E-state index >= 15 is 0 Å². The van der Waals surface area contributed by atoms with E-state index in [0.717, 1.165) is 12.8 Å². The summed E-state index contributed by atoms with van der Waals surface area (Å²) in [5.74, 6) is -8.21. The number of nitrogens with one attached hydrogen (secondary N) is 1. The van der Waals surface area contributed by atoms with Crippen LogP contribution in [-0.2, 0) is 20.9 Å². The summed E-state index contributed by atoms with van der Waals surface area (Å²) in [6, 6.07) is 6.37. The number of carbonyl (C=O) groups is 1. The van der Waals surface area contributed by atoms with Gasteiger partial charge in [0.25, 0.3) is 5.79 Å². The molecule has 0 saturated carbocycles. The van der Waals surface area contributed by atoms with Crippen molar-refractivity contribution < 1.29 is 32.5 Å². The Balaban J connectivity index is 1.90. The highest BCUT2D eigenvalue weighted by atomic mass is 19.2.